The van der Waals surface area contributed by atoms with E-state index in [2.05, 4.69) is 20.4 Å². The second-order valence-corrected chi connectivity index (χ2v) is 5.67. The Bertz CT molecular complexity index is 456. The van der Waals surface area contributed by atoms with Crippen molar-refractivity contribution in [1.82, 2.24) is 10.2 Å². The van der Waals surface area contributed by atoms with Crippen LogP contribution in [0.5, 0.6) is 0 Å². The zero-order chi connectivity index (χ0) is 12.0. The summed E-state index contributed by atoms with van der Waals surface area (Å²) in [4.78, 5) is 13.1. The lowest BCUT2D eigenvalue weighted by Crippen LogP contribution is -1.95. The molecule has 4 N–H and O–H groups in total. The van der Waals surface area contributed by atoms with Gasteiger partial charge in [-0.05, 0) is 16.5 Å². The second-order valence-electron chi connectivity index (χ2n) is 2.12. The van der Waals surface area contributed by atoms with Gasteiger partial charge in [0, 0.05) is 18.9 Å². The Labute approximate surface area is 103 Å². The van der Waals surface area contributed by atoms with E-state index in [-0.39, 0.29) is 0 Å². The number of aliphatic hydroxyl groups is 1. The van der Waals surface area contributed by atoms with E-state index in [0.29, 0.717) is 10.1 Å². The molecule has 0 fully saturated rings. The highest BCUT2D eigenvalue weighted by molar-refractivity contribution is 8.02. The summed E-state index contributed by atoms with van der Waals surface area (Å²) in [6, 6.07) is 0. The maximum atomic E-state index is 10.2. The zero-order valence-corrected chi connectivity index (χ0v) is 10.5. The average Bonchev–Trinajstić information content (AvgIpc) is 2.91. The molecular formula is C6H8N5O2S3+. The van der Waals surface area contributed by atoms with Crippen molar-refractivity contribution in [2.45, 2.75) is 8.68 Å². The van der Waals surface area contributed by atoms with E-state index < -0.39 is 0 Å². The molecule has 2 heterocycles. The maximum absolute atomic E-state index is 10.2. The Hall–Kier alpha value is -1.10. The molecule has 0 saturated heterocycles. The number of thiazole rings is 1. The predicted octanol–water partition coefficient (Wildman–Crippen LogP) is 1.15. The Morgan fingerprint density at radius 2 is 2.25 bits per heavy atom. The van der Waals surface area contributed by atoms with E-state index in [4.69, 9.17) is 10.8 Å². The summed E-state index contributed by atoms with van der Waals surface area (Å²) in [5.74, 6) is 0. The number of hydrogen-bond acceptors (Lipinski definition) is 9. The van der Waals surface area contributed by atoms with Gasteiger partial charge < -0.3 is 10.8 Å². The molecule has 0 aromatic carbocycles. The van der Waals surface area contributed by atoms with Crippen molar-refractivity contribution < 1.29 is 10.1 Å². The minimum Gasteiger partial charge on any atom is -0.400 e. The Kier molecular flexibility index (Phi) is 5.25. The normalized spacial score (nSPS) is 9.38. The summed E-state index contributed by atoms with van der Waals surface area (Å²) >= 11 is 3.93. The monoisotopic (exact) mass is 278 g/mol. The van der Waals surface area contributed by atoms with E-state index in [1.165, 1.54) is 34.4 Å². The number of hydrogen-bond donors (Lipinski definition) is 2. The quantitative estimate of drug-likeness (QED) is 0.814. The van der Waals surface area contributed by atoms with Crippen molar-refractivity contribution >= 4 is 44.6 Å². The third-order valence-corrected chi connectivity index (χ3v) is 4.01. The van der Waals surface area contributed by atoms with Crippen LogP contribution in [0.4, 0.5) is 10.1 Å². The minimum absolute atomic E-state index is 0.407. The van der Waals surface area contributed by atoms with Crippen LogP contribution in [-0.4, -0.2) is 22.4 Å². The Balaban J connectivity index is 0.000000606. The molecule has 2 aromatic rings. The number of nitrogens with zero attached hydrogens (tertiary/aromatic N) is 3. The fourth-order valence-electron chi connectivity index (χ4n) is 0.711. The number of nitroso groups, excluding NO2 is 1. The molecule has 86 valence electrons. The number of aromatic nitrogens is 3. The highest BCUT2D eigenvalue weighted by Crippen LogP contribution is 2.33. The van der Waals surface area contributed by atoms with Crippen molar-refractivity contribution in [3.63, 3.8) is 0 Å². The molecule has 0 aliphatic rings. The highest BCUT2D eigenvalue weighted by Gasteiger charge is 2.13. The van der Waals surface area contributed by atoms with E-state index in [0.717, 1.165) is 15.8 Å². The van der Waals surface area contributed by atoms with Gasteiger partial charge in [-0.3, -0.25) is 0 Å². The number of aliphatic hydroxyl groups excluding tert-OH is 1. The molecular weight excluding hydrogens is 270 g/mol. The smallest absolute Gasteiger partial charge is 0.305 e. The predicted molar refractivity (Wildman–Crippen MR) is 62.9 cm³/mol. The number of nitrogens with one attached hydrogen (secondary N) is 1. The highest BCUT2D eigenvalue weighted by atomic mass is 32.2. The summed E-state index contributed by atoms with van der Waals surface area (Å²) in [5, 5.41) is 18.1. The van der Waals surface area contributed by atoms with Crippen LogP contribution in [-0.2, 0) is 0 Å². The summed E-state index contributed by atoms with van der Waals surface area (Å²) < 4.78 is 1.56. The van der Waals surface area contributed by atoms with Crippen molar-refractivity contribution in [1.29, 1.82) is 0 Å². The summed E-state index contributed by atoms with van der Waals surface area (Å²) in [5.41, 5.74) is 5.42. The topological polar surface area (TPSA) is 116 Å². The zero-order valence-electron chi connectivity index (χ0n) is 8.08. The van der Waals surface area contributed by atoms with Gasteiger partial charge in [-0.25, -0.2) is 0 Å². The lowest BCUT2D eigenvalue weighted by molar-refractivity contribution is -0.415. The van der Waals surface area contributed by atoms with E-state index in [1.54, 1.807) is 6.20 Å². The number of anilines is 1. The number of rotatable bonds is 3. The van der Waals surface area contributed by atoms with Crippen molar-refractivity contribution in [3.8, 4) is 0 Å². The average molecular weight is 278 g/mol. The maximum Gasteiger partial charge on any atom is 0.305 e. The summed E-state index contributed by atoms with van der Waals surface area (Å²) in [6.45, 7) is 0. The fraction of sp³-hybridized carbons (Fsp3) is 0.167. The molecule has 0 aliphatic carbocycles. The molecule has 0 saturated carbocycles. The van der Waals surface area contributed by atoms with E-state index in [9.17, 15) is 4.91 Å². The SMILES string of the molecule is CO.Nc1nnc(Sc2[nH+]cc(N=O)s2)s1. The molecule has 0 atom stereocenters. The van der Waals surface area contributed by atoms with Crippen LogP contribution in [0.15, 0.2) is 20.1 Å². The second kappa shape index (κ2) is 6.48. The largest absolute Gasteiger partial charge is 0.400 e. The minimum atomic E-state index is 0.407. The molecule has 2 aromatic heterocycles. The van der Waals surface area contributed by atoms with Gasteiger partial charge in [-0.2, -0.15) is 4.98 Å². The lowest BCUT2D eigenvalue weighted by atomic mass is 10.9. The van der Waals surface area contributed by atoms with Gasteiger partial charge >= 0.3 is 4.34 Å². The standard InChI is InChI=1S/C5H3N5OS3.CH4O/c6-3-8-9-5(13-3)14-4-7-1-2(10-11)12-4;1-2/h1H,(H2,6,8);2H,1H3/p+1. The molecule has 0 aliphatic heterocycles. The molecule has 0 radical (unpaired) electrons. The number of H-pyrrole nitrogens is 1. The van der Waals surface area contributed by atoms with Crippen LogP contribution in [0.1, 0.15) is 0 Å². The van der Waals surface area contributed by atoms with Gasteiger partial charge in [-0.15, -0.1) is 15.1 Å². The fourth-order valence-corrected chi connectivity index (χ4v) is 3.36. The molecule has 2 rings (SSSR count). The van der Waals surface area contributed by atoms with Crippen LogP contribution in [0.3, 0.4) is 0 Å². The first-order valence-electron chi connectivity index (χ1n) is 3.84. The molecule has 0 spiro atoms. The van der Waals surface area contributed by atoms with Crippen LogP contribution in [0.25, 0.3) is 0 Å². The number of nitrogens with two attached hydrogens (primary N) is 1. The van der Waals surface area contributed by atoms with Crippen LogP contribution >= 0.6 is 34.4 Å². The number of nitrogen functional groups attached to an aromatic ring is 1. The van der Waals surface area contributed by atoms with Gasteiger partial charge in [0.2, 0.25) is 16.3 Å². The van der Waals surface area contributed by atoms with Crippen LogP contribution < -0.4 is 10.7 Å². The van der Waals surface area contributed by atoms with Gasteiger partial charge in [0.25, 0.3) is 0 Å². The first-order valence-corrected chi connectivity index (χ1v) is 6.29. The van der Waals surface area contributed by atoms with E-state index >= 15 is 0 Å². The summed E-state index contributed by atoms with van der Waals surface area (Å²) in [6.07, 6.45) is 1.55. The van der Waals surface area contributed by atoms with Crippen molar-refractivity contribution in [2.24, 2.45) is 5.18 Å². The van der Waals surface area contributed by atoms with Crippen LogP contribution in [0, 0.1) is 4.91 Å². The molecule has 0 unspecified atom stereocenters. The number of aromatic amines is 1. The molecule has 0 amide bonds. The van der Waals surface area contributed by atoms with Crippen LogP contribution in [0.2, 0.25) is 0 Å². The van der Waals surface area contributed by atoms with Gasteiger partial charge in [0.1, 0.15) is 0 Å². The lowest BCUT2D eigenvalue weighted by Gasteiger charge is -1.80. The third kappa shape index (κ3) is 3.48. The van der Waals surface area contributed by atoms with E-state index in [1.807, 2.05) is 0 Å². The van der Waals surface area contributed by atoms with Crippen molar-refractivity contribution in [2.75, 3.05) is 12.8 Å². The third-order valence-electron chi connectivity index (χ3n) is 1.20. The summed E-state index contributed by atoms with van der Waals surface area (Å²) in [7, 11) is 1.00. The molecule has 0 bridgehead atoms. The molecule has 7 nitrogen and oxygen atoms in total. The van der Waals surface area contributed by atoms with Gasteiger partial charge in [0.05, 0.1) is 0 Å². The first-order chi connectivity index (χ1) is 7.78. The Morgan fingerprint density at radius 1 is 1.50 bits per heavy atom. The molecule has 10 heteroatoms. The van der Waals surface area contributed by atoms with Gasteiger partial charge in [0.15, 0.2) is 4.34 Å². The van der Waals surface area contributed by atoms with Gasteiger partial charge in [-0.1, -0.05) is 11.3 Å². The molecule has 16 heavy (non-hydrogen) atoms. The first kappa shape index (κ1) is 13.0. The Morgan fingerprint density at radius 3 is 2.75 bits per heavy atom. The van der Waals surface area contributed by atoms with Crippen molar-refractivity contribution in [3.05, 3.63) is 11.1 Å².